The number of nitrogens with two attached hydrogens (primary N) is 1. The summed E-state index contributed by atoms with van der Waals surface area (Å²) in [5.74, 6) is -0.443. The summed E-state index contributed by atoms with van der Waals surface area (Å²) >= 11 is 5.74. The van der Waals surface area contributed by atoms with Gasteiger partial charge < -0.3 is 10.6 Å². The predicted octanol–water partition coefficient (Wildman–Crippen LogP) is 0.921. The maximum Gasteiger partial charge on any atom is 0.221 e. The van der Waals surface area contributed by atoms with Crippen LogP contribution in [0.2, 0.25) is 5.02 Å². The average Bonchev–Trinajstić information content (AvgIpc) is 2.86. The highest BCUT2D eigenvalue weighted by Crippen LogP contribution is 2.18. The number of benzene rings is 1. The summed E-state index contributed by atoms with van der Waals surface area (Å²) in [7, 11) is -3.32. The quantitative estimate of drug-likeness (QED) is 0.876. The van der Waals surface area contributed by atoms with E-state index in [2.05, 4.69) is 0 Å². The van der Waals surface area contributed by atoms with Crippen LogP contribution in [0.3, 0.4) is 0 Å². The molecule has 0 bridgehead atoms. The molecule has 1 aromatic rings. The minimum atomic E-state index is -3.32. The van der Waals surface area contributed by atoms with Crippen molar-refractivity contribution < 1.29 is 13.2 Å². The van der Waals surface area contributed by atoms with E-state index in [1.54, 1.807) is 12.1 Å². The number of sulfone groups is 1. The number of carbonyl (C=O) groups excluding carboxylic acids is 1. The van der Waals surface area contributed by atoms with Crippen molar-refractivity contribution in [3.63, 3.8) is 0 Å². The molecule has 1 heterocycles. The minimum Gasteiger partial charge on any atom is -0.369 e. The molecule has 2 N–H and O–H groups in total. The normalized spacial score (nSPS) is 20.1. The molecule has 0 saturated carbocycles. The number of rotatable bonds is 5. The predicted molar refractivity (Wildman–Crippen MR) is 77.2 cm³/mol. The van der Waals surface area contributed by atoms with Crippen molar-refractivity contribution >= 4 is 27.3 Å². The first-order valence-electron chi connectivity index (χ1n) is 6.38. The zero-order chi connectivity index (χ0) is 14.8. The maximum atomic E-state index is 12.2. The van der Waals surface area contributed by atoms with Gasteiger partial charge in [-0.3, -0.25) is 4.79 Å². The molecular weight excluding hydrogens is 300 g/mol. The van der Waals surface area contributed by atoms with E-state index in [0.29, 0.717) is 31.1 Å². The summed E-state index contributed by atoms with van der Waals surface area (Å²) in [4.78, 5) is 13.3. The standard InChI is InChI=1S/C13H17ClN2O3S/c14-11-1-3-12(4-2-11)20(18,19)8-7-16-6-5-10(9-16)13(15)17/h1-4,10H,5-9H2,(H2,15,17)/t10-/m0/s1. The molecule has 1 fully saturated rings. The molecule has 0 aromatic heterocycles. The van der Waals surface area contributed by atoms with E-state index in [1.165, 1.54) is 12.1 Å². The Balaban J connectivity index is 1.93. The highest BCUT2D eigenvalue weighted by molar-refractivity contribution is 7.91. The van der Waals surface area contributed by atoms with E-state index in [-0.39, 0.29) is 22.5 Å². The van der Waals surface area contributed by atoms with Gasteiger partial charge in [-0.25, -0.2) is 8.42 Å². The summed E-state index contributed by atoms with van der Waals surface area (Å²) < 4.78 is 24.3. The summed E-state index contributed by atoms with van der Waals surface area (Å²) in [6.45, 7) is 1.67. The van der Waals surface area contributed by atoms with Crippen molar-refractivity contribution in [1.29, 1.82) is 0 Å². The van der Waals surface area contributed by atoms with Crippen LogP contribution >= 0.6 is 11.6 Å². The van der Waals surface area contributed by atoms with Gasteiger partial charge in [-0.2, -0.15) is 0 Å². The molecular formula is C13H17ClN2O3S. The minimum absolute atomic E-state index is 0.0279. The second-order valence-corrected chi connectivity index (χ2v) is 7.51. The van der Waals surface area contributed by atoms with Crippen molar-refractivity contribution in [3.8, 4) is 0 Å². The Hall–Kier alpha value is -1.11. The van der Waals surface area contributed by atoms with Gasteiger partial charge in [0.05, 0.1) is 16.6 Å². The van der Waals surface area contributed by atoms with E-state index in [4.69, 9.17) is 17.3 Å². The van der Waals surface area contributed by atoms with Crippen molar-refractivity contribution in [1.82, 2.24) is 4.90 Å². The molecule has 5 nitrogen and oxygen atoms in total. The van der Waals surface area contributed by atoms with Gasteiger partial charge in [0.15, 0.2) is 9.84 Å². The van der Waals surface area contributed by atoms with Gasteiger partial charge in [0.1, 0.15) is 0 Å². The lowest BCUT2D eigenvalue weighted by atomic mass is 10.1. The van der Waals surface area contributed by atoms with Crippen LogP contribution in [0.4, 0.5) is 0 Å². The molecule has 2 rings (SSSR count). The summed E-state index contributed by atoms with van der Waals surface area (Å²) in [5.41, 5.74) is 5.25. The lowest BCUT2D eigenvalue weighted by molar-refractivity contribution is -0.121. The number of likely N-dealkylation sites (tertiary alicyclic amines) is 1. The lowest BCUT2D eigenvalue weighted by Crippen LogP contribution is -2.30. The monoisotopic (exact) mass is 316 g/mol. The Bertz CT molecular complexity index is 586. The van der Waals surface area contributed by atoms with Gasteiger partial charge in [0.25, 0.3) is 0 Å². The fourth-order valence-corrected chi connectivity index (χ4v) is 3.69. The van der Waals surface area contributed by atoms with Gasteiger partial charge in [0, 0.05) is 18.1 Å². The number of hydrogen-bond acceptors (Lipinski definition) is 4. The lowest BCUT2D eigenvalue weighted by Gasteiger charge is -2.15. The van der Waals surface area contributed by atoms with Crippen LogP contribution in [0.25, 0.3) is 0 Å². The fraction of sp³-hybridized carbons (Fsp3) is 0.462. The number of halogens is 1. The van der Waals surface area contributed by atoms with Crippen LogP contribution in [-0.4, -0.2) is 44.6 Å². The summed E-state index contributed by atoms with van der Waals surface area (Å²) in [5, 5.41) is 0.507. The SMILES string of the molecule is NC(=O)[C@H]1CCN(CCS(=O)(=O)c2ccc(Cl)cc2)C1. The third kappa shape index (κ3) is 3.71. The van der Waals surface area contributed by atoms with E-state index < -0.39 is 9.84 Å². The van der Waals surface area contributed by atoms with E-state index in [0.717, 1.165) is 0 Å². The van der Waals surface area contributed by atoms with E-state index in [9.17, 15) is 13.2 Å². The molecule has 20 heavy (non-hydrogen) atoms. The molecule has 0 radical (unpaired) electrons. The Labute approximate surface area is 123 Å². The summed E-state index contributed by atoms with van der Waals surface area (Å²) in [6.07, 6.45) is 0.705. The number of amides is 1. The largest absolute Gasteiger partial charge is 0.369 e. The van der Waals surface area contributed by atoms with Crippen molar-refractivity contribution in [2.75, 3.05) is 25.4 Å². The Morgan fingerprint density at radius 1 is 1.35 bits per heavy atom. The number of nitrogens with zero attached hydrogens (tertiary/aromatic N) is 1. The number of primary amides is 1. The molecule has 1 aliphatic rings. The average molecular weight is 317 g/mol. The second kappa shape index (κ2) is 6.11. The molecule has 1 aromatic carbocycles. The molecule has 0 unspecified atom stereocenters. The van der Waals surface area contributed by atoms with Crippen molar-refractivity contribution in [2.45, 2.75) is 11.3 Å². The maximum absolute atomic E-state index is 12.2. The zero-order valence-corrected chi connectivity index (χ0v) is 12.5. The highest BCUT2D eigenvalue weighted by atomic mass is 35.5. The molecule has 0 aliphatic carbocycles. The highest BCUT2D eigenvalue weighted by Gasteiger charge is 2.27. The zero-order valence-electron chi connectivity index (χ0n) is 11.0. The topological polar surface area (TPSA) is 80.5 Å². The smallest absolute Gasteiger partial charge is 0.221 e. The Kier molecular flexibility index (Phi) is 4.67. The third-order valence-electron chi connectivity index (χ3n) is 3.52. The van der Waals surface area contributed by atoms with Gasteiger partial charge >= 0.3 is 0 Å². The van der Waals surface area contributed by atoms with Gasteiger partial charge in [-0.15, -0.1) is 0 Å². The third-order valence-corrected chi connectivity index (χ3v) is 5.49. The van der Waals surface area contributed by atoms with Gasteiger partial charge in [-0.05, 0) is 37.2 Å². The first kappa shape index (κ1) is 15.3. The van der Waals surface area contributed by atoms with Crippen LogP contribution in [-0.2, 0) is 14.6 Å². The first-order chi connectivity index (χ1) is 9.38. The van der Waals surface area contributed by atoms with Crippen LogP contribution in [0.1, 0.15) is 6.42 Å². The molecule has 1 aliphatic heterocycles. The molecule has 1 saturated heterocycles. The van der Waals surface area contributed by atoms with E-state index >= 15 is 0 Å². The Morgan fingerprint density at radius 3 is 2.55 bits per heavy atom. The van der Waals surface area contributed by atoms with Crippen molar-refractivity contribution in [3.05, 3.63) is 29.3 Å². The van der Waals surface area contributed by atoms with Crippen LogP contribution < -0.4 is 5.73 Å². The van der Waals surface area contributed by atoms with Crippen LogP contribution in [0.5, 0.6) is 0 Å². The number of hydrogen-bond donors (Lipinski definition) is 1. The summed E-state index contributed by atoms with van der Waals surface area (Å²) in [6, 6.07) is 6.14. The second-order valence-electron chi connectivity index (χ2n) is 4.96. The van der Waals surface area contributed by atoms with Crippen LogP contribution in [0.15, 0.2) is 29.2 Å². The molecule has 1 atom stereocenters. The van der Waals surface area contributed by atoms with Gasteiger partial charge in [0.2, 0.25) is 5.91 Å². The van der Waals surface area contributed by atoms with E-state index in [1.807, 2.05) is 4.90 Å². The first-order valence-corrected chi connectivity index (χ1v) is 8.41. The van der Waals surface area contributed by atoms with Crippen molar-refractivity contribution in [2.24, 2.45) is 11.7 Å². The number of carbonyl (C=O) groups is 1. The molecule has 0 spiro atoms. The Morgan fingerprint density at radius 2 is 2.00 bits per heavy atom. The molecule has 7 heteroatoms. The van der Waals surface area contributed by atoms with Gasteiger partial charge in [-0.1, -0.05) is 11.6 Å². The molecule has 110 valence electrons. The fourth-order valence-electron chi connectivity index (χ4n) is 2.28. The molecule has 1 amide bonds. The van der Waals surface area contributed by atoms with Crippen LogP contribution in [0, 0.1) is 5.92 Å².